The molecule has 1 heterocycles. The van der Waals surface area contributed by atoms with E-state index in [0.717, 1.165) is 19.6 Å². The second-order valence-electron chi connectivity index (χ2n) is 7.31. The summed E-state index contributed by atoms with van der Waals surface area (Å²) in [6, 6.07) is 0. The third-order valence-electron chi connectivity index (χ3n) is 3.95. The van der Waals surface area contributed by atoms with E-state index >= 15 is 0 Å². The van der Waals surface area contributed by atoms with Gasteiger partial charge in [-0.15, -0.1) is 0 Å². The summed E-state index contributed by atoms with van der Waals surface area (Å²) < 4.78 is 6.12. The highest BCUT2D eigenvalue weighted by molar-refractivity contribution is 4.99. The van der Waals surface area contributed by atoms with Gasteiger partial charge < -0.3 is 10.5 Å². The van der Waals surface area contributed by atoms with E-state index in [1.807, 2.05) is 0 Å². The normalized spacial score (nSPS) is 30.2. The minimum atomic E-state index is -0.0272. The fraction of sp³-hybridized carbons (Fsp3) is 1.00. The summed E-state index contributed by atoms with van der Waals surface area (Å²) in [5, 5.41) is 0. The number of morpholine rings is 1. The molecule has 1 saturated carbocycles. The molecule has 0 spiro atoms. The lowest BCUT2D eigenvalue weighted by molar-refractivity contribution is -0.182. The second kappa shape index (κ2) is 4.22. The van der Waals surface area contributed by atoms with Crippen LogP contribution in [-0.4, -0.2) is 42.3 Å². The Morgan fingerprint density at radius 2 is 1.59 bits per heavy atom. The van der Waals surface area contributed by atoms with Gasteiger partial charge in [0.1, 0.15) is 0 Å². The van der Waals surface area contributed by atoms with E-state index in [1.165, 1.54) is 25.8 Å². The van der Waals surface area contributed by atoms with Crippen LogP contribution in [0.5, 0.6) is 0 Å². The molecule has 0 radical (unpaired) electrons. The van der Waals surface area contributed by atoms with Gasteiger partial charge in [0.2, 0.25) is 0 Å². The lowest BCUT2D eigenvalue weighted by Gasteiger charge is -2.48. The maximum Gasteiger partial charge on any atom is 0.0760 e. The van der Waals surface area contributed by atoms with Gasteiger partial charge in [0.15, 0.2) is 0 Å². The van der Waals surface area contributed by atoms with Crippen molar-refractivity contribution in [1.29, 1.82) is 0 Å². The predicted octanol–water partition coefficient (Wildman–Crippen LogP) is 2.00. The van der Waals surface area contributed by atoms with Gasteiger partial charge in [0.25, 0.3) is 0 Å². The molecule has 2 aliphatic rings. The Morgan fingerprint density at radius 1 is 1.06 bits per heavy atom. The standard InChI is InChI=1S/C14H28N2O/c1-12(2)9-16(10-13(3,4)17-12)11-14(5-6-14)7-8-15/h5-11,15H2,1-4H3. The summed E-state index contributed by atoms with van der Waals surface area (Å²) in [4.78, 5) is 2.59. The highest BCUT2D eigenvalue weighted by Gasteiger charge is 2.46. The summed E-state index contributed by atoms with van der Waals surface area (Å²) in [6.45, 7) is 12.9. The highest BCUT2D eigenvalue weighted by atomic mass is 16.5. The van der Waals surface area contributed by atoms with Crippen LogP contribution in [0.3, 0.4) is 0 Å². The van der Waals surface area contributed by atoms with Crippen molar-refractivity contribution in [3.8, 4) is 0 Å². The predicted molar refractivity (Wildman–Crippen MR) is 71.0 cm³/mol. The van der Waals surface area contributed by atoms with Crippen LogP contribution in [0.15, 0.2) is 0 Å². The first-order valence-corrected chi connectivity index (χ1v) is 6.89. The van der Waals surface area contributed by atoms with Gasteiger partial charge in [-0.05, 0) is 58.9 Å². The van der Waals surface area contributed by atoms with E-state index in [-0.39, 0.29) is 11.2 Å². The Labute approximate surface area is 106 Å². The zero-order chi connectivity index (χ0) is 12.7. The first kappa shape index (κ1) is 13.3. The summed E-state index contributed by atoms with van der Waals surface area (Å²) in [5.74, 6) is 0. The van der Waals surface area contributed by atoms with Crippen LogP contribution in [0.4, 0.5) is 0 Å². The van der Waals surface area contributed by atoms with E-state index in [9.17, 15) is 0 Å². The molecule has 0 unspecified atom stereocenters. The smallest absolute Gasteiger partial charge is 0.0760 e. The van der Waals surface area contributed by atoms with Gasteiger partial charge in [-0.2, -0.15) is 0 Å². The van der Waals surface area contributed by atoms with Gasteiger partial charge in [0, 0.05) is 19.6 Å². The molecule has 2 rings (SSSR count). The summed E-state index contributed by atoms with van der Waals surface area (Å²) in [5.41, 5.74) is 6.21. The van der Waals surface area contributed by atoms with Crippen molar-refractivity contribution in [2.45, 2.75) is 58.2 Å². The third kappa shape index (κ3) is 3.43. The Hall–Kier alpha value is -0.120. The Morgan fingerprint density at radius 3 is 2.00 bits per heavy atom. The summed E-state index contributed by atoms with van der Waals surface area (Å²) in [6.07, 6.45) is 3.91. The SMILES string of the molecule is CC1(C)CN(CC2(CCN)CC2)CC(C)(C)O1. The zero-order valence-electron chi connectivity index (χ0n) is 11.9. The van der Waals surface area contributed by atoms with Gasteiger partial charge in [-0.1, -0.05) is 0 Å². The van der Waals surface area contributed by atoms with Crippen LogP contribution in [0.1, 0.15) is 47.0 Å². The van der Waals surface area contributed by atoms with E-state index in [0.29, 0.717) is 5.41 Å². The molecule has 2 fully saturated rings. The number of hydrogen-bond donors (Lipinski definition) is 1. The van der Waals surface area contributed by atoms with Crippen molar-refractivity contribution >= 4 is 0 Å². The number of hydrogen-bond acceptors (Lipinski definition) is 3. The van der Waals surface area contributed by atoms with Crippen molar-refractivity contribution in [2.24, 2.45) is 11.1 Å². The largest absolute Gasteiger partial charge is 0.367 e. The van der Waals surface area contributed by atoms with Crippen LogP contribution in [0.2, 0.25) is 0 Å². The molecule has 0 amide bonds. The Balaban J connectivity index is 1.97. The van der Waals surface area contributed by atoms with Crippen LogP contribution < -0.4 is 5.73 Å². The maximum atomic E-state index is 6.12. The molecule has 2 N–H and O–H groups in total. The topological polar surface area (TPSA) is 38.5 Å². The molecule has 3 heteroatoms. The van der Waals surface area contributed by atoms with E-state index in [2.05, 4.69) is 32.6 Å². The first-order chi connectivity index (χ1) is 7.76. The molecule has 1 aliphatic carbocycles. The minimum absolute atomic E-state index is 0.0272. The average Bonchev–Trinajstić information content (AvgIpc) is 2.78. The van der Waals surface area contributed by atoms with E-state index < -0.39 is 0 Å². The van der Waals surface area contributed by atoms with Gasteiger partial charge in [-0.25, -0.2) is 0 Å². The Kier molecular flexibility index (Phi) is 3.30. The molecular weight excluding hydrogens is 212 g/mol. The van der Waals surface area contributed by atoms with Gasteiger partial charge >= 0.3 is 0 Å². The van der Waals surface area contributed by atoms with E-state index in [1.54, 1.807) is 0 Å². The molecule has 0 aromatic rings. The zero-order valence-corrected chi connectivity index (χ0v) is 11.9. The molecule has 0 aromatic carbocycles. The van der Waals surface area contributed by atoms with Crippen LogP contribution in [0.25, 0.3) is 0 Å². The molecule has 17 heavy (non-hydrogen) atoms. The third-order valence-corrected chi connectivity index (χ3v) is 3.95. The number of ether oxygens (including phenoxy) is 1. The van der Waals surface area contributed by atoms with Crippen molar-refractivity contribution in [1.82, 2.24) is 4.90 Å². The fourth-order valence-electron chi connectivity index (χ4n) is 3.50. The van der Waals surface area contributed by atoms with Crippen molar-refractivity contribution in [3.63, 3.8) is 0 Å². The maximum absolute atomic E-state index is 6.12. The van der Waals surface area contributed by atoms with Crippen molar-refractivity contribution in [3.05, 3.63) is 0 Å². The molecular formula is C14H28N2O. The number of rotatable bonds is 4. The molecule has 0 bridgehead atoms. The van der Waals surface area contributed by atoms with E-state index in [4.69, 9.17) is 10.5 Å². The Bertz CT molecular complexity index is 266. The number of nitrogens with zero attached hydrogens (tertiary/aromatic N) is 1. The monoisotopic (exact) mass is 240 g/mol. The first-order valence-electron chi connectivity index (χ1n) is 6.89. The summed E-state index contributed by atoms with van der Waals surface area (Å²) >= 11 is 0. The molecule has 1 aliphatic heterocycles. The average molecular weight is 240 g/mol. The second-order valence-corrected chi connectivity index (χ2v) is 7.31. The van der Waals surface area contributed by atoms with Crippen LogP contribution in [-0.2, 0) is 4.74 Å². The van der Waals surface area contributed by atoms with Gasteiger partial charge in [0.05, 0.1) is 11.2 Å². The molecule has 0 atom stereocenters. The fourth-order valence-corrected chi connectivity index (χ4v) is 3.50. The van der Waals surface area contributed by atoms with Crippen molar-refractivity contribution in [2.75, 3.05) is 26.2 Å². The summed E-state index contributed by atoms with van der Waals surface area (Å²) in [7, 11) is 0. The van der Waals surface area contributed by atoms with Gasteiger partial charge in [-0.3, -0.25) is 4.90 Å². The minimum Gasteiger partial charge on any atom is -0.367 e. The molecule has 0 aromatic heterocycles. The highest BCUT2D eigenvalue weighted by Crippen LogP contribution is 2.49. The van der Waals surface area contributed by atoms with Crippen LogP contribution >= 0.6 is 0 Å². The molecule has 3 nitrogen and oxygen atoms in total. The molecule has 1 saturated heterocycles. The lowest BCUT2D eigenvalue weighted by atomic mass is 9.95. The van der Waals surface area contributed by atoms with Crippen molar-refractivity contribution < 1.29 is 4.74 Å². The lowest BCUT2D eigenvalue weighted by Crippen LogP contribution is -2.58. The van der Waals surface area contributed by atoms with Crippen LogP contribution in [0, 0.1) is 5.41 Å². The quantitative estimate of drug-likeness (QED) is 0.817. The number of nitrogens with two attached hydrogens (primary N) is 1. The molecule has 100 valence electrons.